The monoisotopic (exact) mass is 235 g/mol. The van der Waals surface area contributed by atoms with Gasteiger partial charge in [0.05, 0.1) is 6.20 Å². The molecule has 0 aliphatic rings. The fraction of sp³-hybridized carbons (Fsp3) is 0.167. The summed E-state index contributed by atoms with van der Waals surface area (Å²) >= 11 is 0. The van der Waals surface area contributed by atoms with Crippen LogP contribution in [0.5, 0.6) is 0 Å². The third-order valence-electron chi connectivity index (χ3n) is 2.25. The molecular formula is C12H11F2N3. The molecule has 1 aromatic carbocycles. The summed E-state index contributed by atoms with van der Waals surface area (Å²) in [5.74, 6) is -1.08. The van der Waals surface area contributed by atoms with E-state index in [0.29, 0.717) is 17.9 Å². The van der Waals surface area contributed by atoms with Crippen molar-refractivity contribution in [3.05, 3.63) is 53.2 Å². The lowest BCUT2D eigenvalue weighted by Crippen LogP contribution is -2.03. The number of nitrogens with zero attached hydrogens (tertiary/aromatic N) is 2. The summed E-state index contributed by atoms with van der Waals surface area (Å²) in [6.07, 6.45) is 1.64. The Labute approximate surface area is 97.5 Å². The number of anilines is 1. The van der Waals surface area contributed by atoms with Gasteiger partial charge in [-0.3, -0.25) is 0 Å². The normalized spacial score (nSPS) is 10.3. The molecule has 0 fully saturated rings. The van der Waals surface area contributed by atoms with E-state index in [2.05, 4.69) is 15.5 Å². The van der Waals surface area contributed by atoms with Gasteiger partial charge in [-0.2, -0.15) is 5.10 Å². The molecular weight excluding hydrogens is 224 g/mol. The maximum absolute atomic E-state index is 12.9. The van der Waals surface area contributed by atoms with Crippen molar-refractivity contribution in [2.45, 2.75) is 13.5 Å². The van der Waals surface area contributed by atoms with Gasteiger partial charge >= 0.3 is 0 Å². The van der Waals surface area contributed by atoms with Crippen molar-refractivity contribution < 1.29 is 8.78 Å². The number of hydrogen-bond acceptors (Lipinski definition) is 3. The minimum Gasteiger partial charge on any atom is -0.364 e. The molecule has 0 bridgehead atoms. The fourth-order valence-electron chi connectivity index (χ4n) is 1.39. The van der Waals surface area contributed by atoms with Crippen molar-refractivity contribution in [2.75, 3.05) is 5.32 Å². The first-order chi connectivity index (χ1) is 8.15. The minimum atomic E-state index is -0.848. The zero-order valence-electron chi connectivity index (χ0n) is 9.24. The zero-order chi connectivity index (χ0) is 12.3. The highest BCUT2D eigenvalue weighted by atomic mass is 19.2. The van der Waals surface area contributed by atoms with E-state index in [1.54, 1.807) is 6.20 Å². The Morgan fingerprint density at radius 3 is 2.71 bits per heavy atom. The maximum Gasteiger partial charge on any atom is 0.159 e. The number of aryl methyl sites for hydroxylation is 1. The first-order valence-corrected chi connectivity index (χ1v) is 5.12. The Hall–Kier alpha value is -2.04. The van der Waals surface area contributed by atoms with Crippen LogP contribution in [0, 0.1) is 18.6 Å². The second-order valence-corrected chi connectivity index (χ2v) is 3.72. The van der Waals surface area contributed by atoms with Gasteiger partial charge in [-0.1, -0.05) is 6.07 Å². The van der Waals surface area contributed by atoms with Gasteiger partial charge in [-0.05, 0) is 36.2 Å². The number of nitrogens with one attached hydrogen (secondary N) is 1. The molecule has 5 heteroatoms. The molecule has 2 aromatic rings. The predicted octanol–water partition coefficient (Wildman–Crippen LogP) is 2.68. The number of hydrogen-bond donors (Lipinski definition) is 1. The van der Waals surface area contributed by atoms with E-state index < -0.39 is 11.6 Å². The van der Waals surface area contributed by atoms with Crippen molar-refractivity contribution in [1.29, 1.82) is 0 Å². The second-order valence-electron chi connectivity index (χ2n) is 3.72. The third kappa shape index (κ3) is 2.96. The van der Waals surface area contributed by atoms with E-state index in [1.165, 1.54) is 6.07 Å². The number of halogens is 2. The maximum atomic E-state index is 12.9. The SMILES string of the molecule is Cc1cnnc(NCc2ccc(F)c(F)c2)c1. The van der Waals surface area contributed by atoms with Crippen LogP contribution in [0.2, 0.25) is 0 Å². The summed E-state index contributed by atoms with van der Waals surface area (Å²) in [4.78, 5) is 0. The molecule has 1 heterocycles. The average molecular weight is 235 g/mol. The van der Waals surface area contributed by atoms with Crippen molar-refractivity contribution in [3.8, 4) is 0 Å². The molecule has 0 saturated heterocycles. The van der Waals surface area contributed by atoms with Crippen LogP contribution in [0.3, 0.4) is 0 Å². The molecule has 0 radical (unpaired) electrons. The van der Waals surface area contributed by atoms with Gasteiger partial charge < -0.3 is 5.32 Å². The molecule has 0 atom stereocenters. The van der Waals surface area contributed by atoms with Crippen LogP contribution in [0.1, 0.15) is 11.1 Å². The van der Waals surface area contributed by atoms with Crippen molar-refractivity contribution in [1.82, 2.24) is 10.2 Å². The van der Waals surface area contributed by atoms with E-state index in [4.69, 9.17) is 0 Å². The summed E-state index contributed by atoms with van der Waals surface area (Å²) in [6, 6.07) is 5.61. The number of rotatable bonds is 3. The molecule has 1 aromatic heterocycles. The van der Waals surface area contributed by atoms with E-state index in [1.807, 2.05) is 13.0 Å². The van der Waals surface area contributed by atoms with Crippen LogP contribution in [0.15, 0.2) is 30.5 Å². The number of benzene rings is 1. The van der Waals surface area contributed by atoms with Gasteiger partial charge in [0, 0.05) is 6.54 Å². The third-order valence-corrected chi connectivity index (χ3v) is 2.25. The van der Waals surface area contributed by atoms with Crippen LogP contribution in [-0.2, 0) is 6.54 Å². The topological polar surface area (TPSA) is 37.8 Å². The highest BCUT2D eigenvalue weighted by Crippen LogP contribution is 2.11. The smallest absolute Gasteiger partial charge is 0.159 e. The first kappa shape index (κ1) is 11.4. The highest BCUT2D eigenvalue weighted by molar-refractivity contribution is 5.36. The summed E-state index contributed by atoms with van der Waals surface area (Å²) in [6.45, 7) is 2.27. The Morgan fingerprint density at radius 1 is 1.18 bits per heavy atom. The minimum absolute atomic E-state index is 0.370. The second kappa shape index (κ2) is 4.86. The molecule has 3 nitrogen and oxygen atoms in total. The highest BCUT2D eigenvalue weighted by Gasteiger charge is 2.02. The molecule has 0 amide bonds. The zero-order valence-corrected chi connectivity index (χ0v) is 9.24. The standard InChI is InChI=1S/C12H11F2N3/c1-8-4-12(17-16-6-8)15-7-9-2-3-10(13)11(14)5-9/h2-6H,7H2,1H3,(H,15,17). The average Bonchev–Trinajstić information content (AvgIpc) is 2.31. The molecule has 0 aliphatic carbocycles. The summed E-state index contributed by atoms with van der Waals surface area (Å²) < 4.78 is 25.6. The largest absolute Gasteiger partial charge is 0.364 e. The molecule has 0 saturated carbocycles. The molecule has 0 aliphatic heterocycles. The van der Waals surface area contributed by atoms with Gasteiger partial charge in [-0.25, -0.2) is 8.78 Å². The quantitative estimate of drug-likeness (QED) is 0.888. The van der Waals surface area contributed by atoms with Crippen LogP contribution in [0.4, 0.5) is 14.6 Å². The van der Waals surface area contributed by atoms with Crippen LogP contribution in [-0.4, -0.2) is 10.2 Å². The molecule has 1 N–H and O–H groups in total. The Morgan fingerprint density at radius 2 is 2.00 bits per heavy atom. The summed E-state index contributed by atoms with van der Waals surface area (Å²) in [7, 11) is 0. The lowest BCUT2D eigenvalue weighted by molar-refractivity contribution is 0.507. The van der Waals surface area contributed by atoms with Crippen molar-refractivity contribution in [3.63, 3.8) is 0 Å². The molecule has 17 heavy (non-hydrogen) atoms. The van der Waals surface area contributed by atoms with Gasteiger partial charge in [0.1, 0.15) is 5.82 Å². The van der Waals surface area contributed by atoms with Gasteiger partial charge in [-0.15, -0.1) is 5.10 Å². The lowest BCUT2D eigenvalue weighted by Gasteiger charge is -2.05. The van der Waals surface area contributed by atoms with Crippen molar-refractivity contribution in [2.24, 2.45) is 0 Å². The van der Waals surface area contributed by atoms with Crippen LogP contribution < -0.4 is 5.32 Å². The van der Waals surface area contributed by atoms with Gasteiger partial charge in [0.15, 0.2) is 11.6 Å². The summed E-state index contributed by atoms with van der Waals surface area (Å²) in [5, 5.41) is 10.6. The van der Waals surface area contributed by atoms with E-state index in [0.717, 1.165) is 17.7 Å². The van der Waals surface area contributed by atoms with Crippen LogP contribution in [0.25, 0.3) is 0 Å². The molecule has 0 spiro atoms. The van der Waals surface area contributed by atoms with Crippen molar-refractivity contribution >= 4 is 5.82 Å². The van der Waals surface area contributed by atoms with Gasteiger partial charge in [0.2, 0.25) is 0 Å². The van der Waals surface area contributed by atoms with E-state index >= 15 is 0 Å². The Bertz CT molecular complexity index is 529. The number of aromatic nitrogens is 2. The Balaban J connectivity index is 2.05. The van der Waals surface area contributed by atoms with Crippen LogP contribution >= 0.6 is 0 Å². The fourth-order valence-corrected chi connectivity index (χ4v) is 1.39. The van der Waals surface area contributed by atoms with E-state index in [9.17, 15) is 8.78 Å². The van der Waals surface area contributed by atoms with E-state index in [-0.39, 0.29) is 0 Å². The Kier molecular flexibility index (Phi) is 3.27. The molecule has 0 unspecified atom stereocenters. The predicted molar refractivity (Wildman–Crippen MR) is 60.5 cm³/mol. The summed E-state index contributed by atoms with van der Waals surface area (Å²) in [5.41, 5.74) is 1.62. The first-order valence-electron chi connectivity index (χ1n) is 5.12. The molecule has 88 valence electrons. The van der Waals surface area contributed by atoms with Gasteiger partial charge in [0.25, 0.3) is 0 Å². The molecule has 2 rings (SSSR count). The lowest BCUT2D eigenvalue weighted by atomic mass is 10.2.